The molecule has 1 aromatic heterocycles. The predicted molar refractivity (Wildman–Crippen MR) is 95.5 cm³/mol. The van der Waals surface area contributed by atoms with Crippen LogP contribution >= 0.6 is 11.3 Å². The third-order valence-corrected chi connectivity index (χ3v) is 5.53. The van der Waals surface area contributed by atoms with Gasteiger partial charge in [0.15, 0.2) is 0 Å². The number of carbonyl (C=O) groups is 1. The van der Waals surface area contributed by atoms with Crippen molar-refractivity contribution in [1.82, 2.24) is 10.2 Å². The first-order valence-corrected chi connectivity index (χ1v) is 9.38. The number of aliphatic hydroxyl groups excluding tert-OH is 1. The van der Waals surface area contributed by atoms with Gasteiger partial charge >= 0.3 is 0 Å². The van der Waals surface area contributed by atoms with Crippen LogP contribution in [0, 0.1) is 11.3 Å². The van der Waals surface area contributed by atoms with Gasteiger partial charge in [0, 0.05) is 11.4 Å². The molecule has 2 N–H and O–H groups in total. The van der Waals surface area contributed by atoms with Gasteiger partial charge in [-0.3, -0.25) is 9.69 Å². The molecule has 1 saturated heterocycles. The molecule has 2 heterocycles. The number of nitrogens with zero attached hydrogens (tertiary/aromatic N) is 1. The number of rotatable bonds is 5. The Morgan fingerprint density at radius 1 is 1.52 bits per heavy atom. The van der Waals surface area contributed by atoms with Gasteiger partial charge < -0.3 is 10.4 Å². The van der Waals surface area contributed by atoms with E-state index in [4.69, 9.17) is 0 Å². The van der Waals surface area contributed by atoms with Crippen molar-refractivity contribution in [3.8, 4) is 0 Å². The monoisotopic (exact) mass is 338 g/mol. The maximum atomic E-state index is 12.5. The maximum absolute atomic E-state index is 12.5. The molecule has 4 nitrogen and oxygen atoms in total. The Bertz CT molecular complexity index is 494. The molecule has 1 fully saturated rings. The van der Waals surface area contributed by atoms with Gasteiger partial charge in [0.05, 0.1) is 18.7 Å². The fourth-order valence-electron chi connectivity index (χ4n) is 3.21. The number of likely N-dealkylation sites (tertiary alicyclic amines) is 1. The van der Waals surface area contributed by atoms with Crippen LogP contribution in [0.1, 0.15) is 51.5 Å². The fraction of sp³-hybridized carbons (Fsp3) is 0.722. The highest BCUT2D eigenvalue weighted by molar-refractivity contribution is 7.10. The smallest absolute Gasteiger partial charge is 0.234 e. The van der Waals surface area contributed by atoms with Crippen molar-refractivity contribution in [2.45, 2.75) is 52.7 Å². The zero-order chi connectivity index (χ0) is 17.0. The van der Waals surface area contributed by atoms with E-state index in [1.165, 1.54) is 4.88 Å². The molecule has 130 valence electrons. The summed E-state index contributed by atoms with van der Waals surface area (Å²) < 4.78 is 0. The topological polar surface area (TPSA) is 52.6 Å². The maximum Gasteiger partial charge on any atom is 0.234 e. The van der Waals surface area contributed by atoms with Crippen LogP contribution in [0.5, 0.6) is 0 Å². The van der Waals surface area contributed by atoms with E-state index in [2.05, 4.69) is 42.4 Å². The number of carbonyl (C=O) groups excluding carboxylic acids is 1. The normalized spacial score (nSPS) is 22.6. The summed E-state index contributed by atoms with van der Waals surface area (Å²) in [5.74, 6) is 0.358. The zero-order valence-electron chi connectivity index (χ0n) is 14.7. The van der Waals surface area contributed by atoms with Crippen molar-refractivity contribution in [2.75, 3.05) is 19.6 Å². The van der Waals surface area contributed by atoms with Gasteiger partial charge in [-0.05, 0) is 49.1 Å². The summed E-state index contributed by atoms with van der Waals surface area (Å²) in [6.45, 7) is 10.5. The highest BCUT2D eigenvalue weighted by atomic mass is 32.1. The molecular formula is C18H30N2O2S. The lowest BCUT2D eigenvalue weighted by atomic mass is 9.85. The van der Waals surface area contributed by atoms with E-state index in [0.717, 1.165) is 25.9 Å². The lowest BCUT2D eigenvalue weighted by Crippen LogP contribution is -2.46. The molecule has 0 bridgehead atoms. The zero-order valence-corrected chi connectivity index (χ0v) is 15.5. The number of thiophene rings is 1. The van der Waals surface area contributed by atoms with Crippen LogP contribution < -0.4 is 5.32 Å². The van der Waals surface area contributed by atoms with Crippen LogP contribution in [-0.4, -0.2) is 41.7 Å². The third-order valence-electron chi connectivity index (χ3n) is 4.59. The molecule has 2 rings (SSSR count). The Morgan fingerprint density at radius 3 is 2.83 bits per heavy atom. The van der Waals surface area contributed by atoms with Gasteiger partial charge in [-0.15, -0.1) is 11.3 Å². The van der Waals surface area contributed by atoms with Crippen LogP contribution in [-0.2, 0) is 4.79 Å². The van der Waals surface area contributed by atoms with E-state index in [1.54, 1.807) is 11.3 Å². The second kappa shape index (κ2) is 7.77. The number of piperidine rings is 1. The number of nitrogens with one attached hydrogen (secondary N) is 1. The lowest BCUT2D eigenvalue weighted by molar-refractivity contribution is -0.124. The van der Waals surface area contributed by atoms with Gasteiger partial charge in [0.25, 0.3) is 0 Å². The Labute approximate surface area is 143 Å². The second-order valence-corrected chi connectivity index (χ2v) is 8.74. The molecule has 0 spiro atoms. The van der Waals surface area contributed by atoms with E-state index < -0.39 is 0 Å². The van der Waals surface area contributed by atoms with Crippen molar-refractivity contribution >= 4 is 17.2 Å². The summed E-state index contributed by atoms with van der Waals surface area (Å²) in [6.07, 6.45) is 1.81. The first-order chi connectivity index (χ1) is 10.8. The molecule has 1 aliphatic heterocycles. The quantitative estimate of drug-likeness (QED) is 0.867. The minimum absolute atomic E-state index is 0.0233. The highest BCUT2D eigenvalue weighted by Gasteiger charge is 2.30. The van der Waals surface area contributed by atoms with E-state index >= 15 is 0 Å². The van der Waals surface area contributed by atoms with Crippen LogP contribution in [0.25, 0.3) is 0 Å². The molecule has 0 aromatic carbocycles. The van der Waals surface area contributed by atoms with Crippen molar-refractivity contribution < 1.29 is 9.90 Å². The first-order valence-electron chi connectivity index (χ1n) is 8.50. The number of amides is 1. The molecule has 1 aromatic rings. The van der Waals surface area contributed by atoms with Gasteiger partial charge in [0.1, 0.15) is 0 Å². The van der Waals surface area contributed by atoms with E-state index in [-0.39, 0.29) is 29.4 Å². The standard InChI is InChI=1S/C18H30N2O2S/c1-13(21)14-7-5-9-20(11-14)12-16(22)19-17(18(2,3)4)15-8-6-10-23-15/h6,8,10,13-14,17,21H,5,7,9,11-12H2,1-4H3,(H,19,22). The molecule has 3 unspecified atom stereocenters. The Morgan fingerprint density at radius 2 is 2.26 bits per heavy atom. The molecule has 0 radical (unpaired) electrons. The predicted octanol–water partition coefficient (Wildman–Crippen LogP) is 3.04. The van der Waals surface area contributed by atoms with Crippen LogP contribution in [0.3, 0.4) is 0 Å². The second-order valence-electron chi connectivity index (χ2n) is 7.76. The number of hydrogen-bond donors (Lipinski definition) is 2. The van der Waals surface area contributed by atoms with Gasteiger partial charge in [-0.2, -0.15) is 0 Å². The summed E-state index contributed by atoms with van der Waals surface area (Å²) in [5.41, 5.74) is -0.0233. The van der Waals surface area contributed by atoms with Gasteiger partial charge in [0.2, 0.25) is 5.91 Å². The molecule has 1 amide bonds. The van der Waals surface area contributed by atoms with Crippen LogP contribution in [0.2, 0.25) is 0 Å². The Balaban J connectivity index is 1.94. The van der Waals surface area contributed by atoms with Crippen molar-refractivity contribution in [3.05, 3.63) is 22.4 Å². The third kappa shape index (κ3) is 5.30. The Kier molecular flexibility index (Phi) is 6.23. The van der Waals surface area contributed by atoms with E-state index in [9.17, 15) is 9.90 Å². The largest absolute Gasteiger partial charge is 0.393 e. The SMILES string of the molecule is CC(O)C1CCCN(CC(=O)NC(c2cccs2)C(C)(C)C)C1. The first kappa shape index (κ1) is 18.4. The Hall–Kier alpha value is -0.910. The molecule has 5 heteroatoms. The molecule has 1 aliphatic rings. The summed E-state index contributed by atoms with van der Waals surface area (Å²) in [4.78, 5) is 15.9. The molecule has 0 saturated carbocycles. The summed E-state index contributed by atoms with van der Waals surface area (Å²) in [6, 6.07) is 4.15. The van der Waals surface area contributed by atoms with Gasteiger partial charge in [-0.1, -0.05) is 26.8 Å². The number of hydrogen-bond acceptors (Lipinski definition) is 4. The van der Waals surface area contributed by atoms with Crippen molar-refractivity contribution in [1.29, 1.82) is 0 Å². The summed E-state index contributed by atoms with van der Waals surface area (Å²) >= 11 is 1.69. The molecule has 3 atom stereocenters. The van der Waals surface area contributed by atoms with Crippen molar-refractivity contribution in [3.63, 3.8) is 0 Å². The van der Waals surface area contributed by atoms with Crippen molar-refractivity contribution in [2.24, 2.45) is 11.3 Å². The molecule has 23 heavy (non-hydrogen) atoms. The average Bonchev–Trinajstić information content (AvgIpc) is 2.97. The number of aliphatic hydroxyl groups is 1. The van der Waals surface area contributed by atoms with Crippen LogP contribution in [0.15, 0.2) is 17.5 Å². The van der Waals surface area contributed by atoms with E-state index in [1.807, 2.05) is 13.0 Å². The lowest BCUT2D eigenvalue weighted by Gasteiger charge is -2.35. The summed E-state index contributed by atoms with van der Waals surface area (Å²) in [7, 11) is 0. The minimum atomic E-state index is -0.297. The molecular weight excluding hydrogens is 308 g/mol. The average molecular weight is 339 g/mol. The molecule has 0 aliphatic carbocycles. The highest BCUT2D eigenvalue weighted by Crippen LogP contribution is 2.35. The van der Waals surface area contributed by atoms with Gasteiger partial charge in [-0.25, -0.2) is 0 Å². The van der Waals surface area contributed by atoms with Crippen LogP contribution in [0.4, 0.5) is 0 Å². The summed E-state index contributed by atoms with van der Waals surface area (Å²) in [5, 5.41) is 15.1. The minimum Gasteiger partial charge on any atom is -0.393 e. The fourth-order valence-corrected chi connectivity index (χ4v) is 4.23. The van der Waals surface area contributed by atoms with E-state index in [0.29, 0.717) is 6.54 Å².